The molecule has 2 atom stereocenters. The minimum Gasteiger partial charge on any atom is -0.465 e. The fraction of sp³-hybridized carbons (Fsp3) is 0.923. The molecule has 1 aliphatic heterocycles. The van der Waals surface area contributed by atoms with E-state index in [-0.39, 0.29) is 10.6 Å². The van der Waals surface area contributed by atoms with Crippen molar-refractivity contribution in [1.82, 2.24) is 4.90 Å². The molecule has 2 unspecified atom stereocenters. The lowest BCUT2D eigenvalue weighted by molar-refractivity contribution is 0.102. The van der Waals surface area contributed by atoms with Gasteiger partial charge in [0.15, 0.2) is 8.32 Å². The molecule has 0 spiro atoms. The van der Waals surface area contributed by atoms with Gasteiger partial charge in [0.1, 0.15) is 0 Å². The van der Waals surface area contributed by atoms with Gasteiger partial charge in [-0.25, -0.2) is 4.79 Å². The molecule has 2 fully saturated rings. The molecule has 104 valence electrons. The monoisotopic (exact) mass is 271 g/mol. The molecule has 0 radical (unpaired) electrons. The summed E-state index contributed by atoms with van der Waals surface area (Å²) in [5, 5.41) is 9.43. The van der Waals surface area contributed by atoms with Crippen LogP contribution >= 0.6 is 0 Å². The molecule has 4 nitrogen and oxygen atoms in total. The van der Waals surface area contributed by atoms with Crippen LogP contribution in [0.3, 0.4) is 0 Å². The topological polar surface area (TPSA) is 49.8 Å². The Bertz CT molecular complexity index is 364. The summed E-state index contributed by atoms with van der Waals surface area (Å²) < 4.78 is 6.24. The highest BCUT2D eigenvalue weighted by molar-refractivity contribution is 6.74. The maximum atomic E-state index is 11.2. The summed E-state index contributed by atoms with van der Waals surface area (Å²) in [5.41, 5.74) is -0.179. The van der Waals surface area contributed by atoms with Gasteiger partial charge in [-0.05, 0) is 36.9 Å². The van der Waals surface area contributed by atoms with Crippen molar-refractivity contribution in [2.24, 2.45) is 5.92 Å². The maximum absolute atomic E-state index is 11.2. The number of hydrogen-bond donors (Lipinski definition) is 1. The lowest BCUT2D eigenvalue weighted by Gasteiger charge is -2.38. The Balaban J connectivity index is 2.01. The molecule has 0 aromatic heterocycles. The number of nitrogens with zero attached hydrogens (tertiary/aromatic N) is 1. The average Bonchev–Trinajstić information content (AvgIpc) is 2.80. The Morgan fingerprint density at radius 1 is 1.50 bits per heavy atom. The zero-order valence-corrected chi connectivity index (χ0v) is 13.1. The molecule has 1 amide bonds. The molecule has 0 aromatic carbocycles. The zero-order valence-electron chi connectivity index (χ0n) is 12.1. The zero-order chi connectivity index (χ0) is 13.8. The van der Waals surface area contributed by atoms with E-state index >= 15 is 0 Å². The van der Waals surface area contributed by atoms with Gasteiger partial charge < -0.3 is 14.4 Å². The maximum Gasteiger partial charge on any atom is 0.407 e. The number of likely N-dealkylation sites (tertiary alicyclic amines) is 1. The van der Waals surface area contributed by atoms with E-state index in [0.29, 0.717) is 19.1 Å². The lowest BCUT2D eigenvalue weighted by Crippen LogP contribution is -2.48. The number of rotatable bonds is 3. The summed E-state index contributed by atoms with van der Waals surface area (Å²) in [6, 6.07) is 0. The van der Waals surface area contributed by atoms with Crippen molar-refractivity contribution >= 4 is 14.4 Å². The van der Waals surface area contributed by atoms with Crippen molar-refractivity contribution in [2.75, 3.05) is 13.2 Å². The quantitative estimate of drug-likeness (QED) is 0.802. The van der Waals surface area contributed by atoms with E-state index in [2.05, 4.69) is 33.9 Å². The van der Waals surface area contributed by atoms with Crippen LogP contribution in [0.25, 0.3) is 0 Å². The first-order valence-electron chi connectivity index (χ1n) is 6.75. The second-order valence-electron chi connectivity index (χ2n) is 7.28. The summed E-state index contributed by atoms with van der Waals surface area (Å²) in [4.78, 5) is 12.9. The lowest BCUT2D eigenvalue weighted by atomic mass is 10.2. The van der Waals surface area contributed by atoms with Crippen LogP contribution in [-0.2, 0) is 4.43 Å². The first-order chi connectivity index (χ1) is 8.10. The van der Waals surface area contributed by atoms with Crippen LogP contribution in [0.4, 0.5) is 4.79 Å². The summed E-state index contributed by atoms with van der Waals surface area (Å²) in [5.74, 6) is 0.540. The fourth-order valence-corrected chi connectivity index (χ4v) is 3.68. The van der Waals surface area contributed by atoms with Gasteiger partial charge in [0.05, 0.1) is 12.1 Å². The number of carbonyl (C=O) groups is 1. The van der Waals surface area contributed by atoms with Crippen molar-refractivity contribution in [3.8, 4) is 0 Å². The van der Waals surface area contributed by atoms with Crippen LogP contribution in [0.5, 0.6) is 0 Å². The standard InChI is InChI=1S/C13H25NO3Si/c1-12(2,3)18(4,5)17-9-13-8-10(13)6-7-14(13)11(15)16/h10H,6-9H2,1-5H3,(H,15,16). The Hall–Kier alpha value is -0.553. The van der Waals surface area contributed by atoms with Crippen molar-refractivity contribution in [3.05, 3.63) is 0 Å². The van der Waals surface area contributed by atoms with Gasteiger partial charge in [0, 0.05) is 6.54 Å². The smallest absolute Gasteiger partial charge is 0.407 e. The first kappa shape index (κ1) is 13.9. The van der Waals surface area contributed by atoms with E-state index in [1.54, 1.807) is 4.90 Å². The Morgan fingerprint density at radius 3 is 2.56 bits per heavy atom. The highest BCUT2D eigenvalue weighted by Crippen LogP contribution is 2.56. The van der Waals surface area contributed by atoms with Crippen molar-refractivity contribution in [2.45, 2.75) is 57.3 Å². The van der Waals surface area contributed by atoms with E-state index in [9.17, 15) is 9.90 Å². The van der Waals surface area contributed by atoms with Crippen LogP contribution in [0.15, 0.2) is 0 Å². The molecule has 1 N–H and O–H groups in total. The highest BCUT2D eigenvalue weighted by Gasteiger charge is 2.64. The van der Waals surface area contributed by atoms with Crippen LogP contribution in [0.1, 0.15) is 33.6 Å². The molecular weight excluding hydrogens is 246 g/mol. The molecule has 5 heteroatoms. The van der Waals surface area contributed by atoms with Crippen molar-refractivity contribution < 1.29 is 14.3 Å². The third kappa shape index (κ3) is 2.07. The van der Waals surface area contributed by atoms with Gasteiger partial charge in [-0.3, -0.25) is 0 Å². The van der Waals surface area contributed by atoms with Crippen LogP contribution in [0.2, 0.25) is 18.1 Å². The number of amides is 1. The number of piperidine rings is 1. The van der Waals surface area contributed by atoms with Crippen molar-refractivity contribution in [3.63, 3.8) is 0 Å². The summed E-state index contributed by atoms with van der Waals surface area (Å²) >= 11 is 0. The fourth-order valence-electron chi connectivity index (χ4n) is 2.64. The third-order valence-electron chi connectivity index (χ3n) is 5.16. The highest BCUT2D eigenvalue weighted by atomic mass is 28.4. The predicted molar refractivity (Wildman–Crippen MR) is 73.3 cm³/mol. The molecule has 1 saturated carbocycles. The second-order valence-corrected chi connectivity index (χ2v) is 12.1. The summed E-state index contributed by atoms with van der Waals surface area (Å²) in [6.07, 6.45) is 1.22. The molecule has 18 heavy (non-hydrogen) atoms. The number of hydrogen-bond acceptors (Lipinski definition) is 2. The molecule has 2 rings (SSSR count). The molecule has 1 saturated heterocycles. The minimum atomic E-state index is -1.78. The van der Waals surface area contributed by atoms with Crippen molar-refractivity contribution in [1.29, 1.82) is 0 Å². The van der Waals surface area contributed by atoms with E-state index in [1.807, 2.05) is 0 Å². The normalized spacial score (nSPS) is 31.4. The Kier molecular flexibility index (Phi) is 3.06. The first-order valence-corrected chi connectivity index (χ1v) is 9.65. The van der Waals surface area contributed by atoms with Gasteiger partial charge in [-0.15, -0.1) is 0 Å². The minimum absolute atomic E-state index is 0.179. The van der Waals surface area contributed by atoms with Crippen LogP contribution in [0, 0.1) is 5.92 Å². The Labute approximate surface area is 110 Å². The van der Waals surface area contributed by atoms with Crippen LogP contribution < -0.4 is 0 Å². The summed E-state index contributed by atoms with van der Waals surface area (Å²) in [7, 11) is -1.78. The molecule has 1 heterocycles. The predicted octanol–water partition coefficient (Wildman–Crippen LogP) is 3.15. The van der Waals surface area contributed by atoms with E-state index in [1.165, 1.54) is 0 Å². The van der Waals surface area contributed by atoms with Crippen LogP contribution in [-0.4, -0.2) is 43.1 Å². The van der Waals surface area contributed by atoms with Gasteiger partial charge in [-0.1, -0.05) is 20.8 Å². The molecule has 2 aliphatic rings. The Morgan fingerprint density at radius 2 is 2.11 bits per heavy atom. The SMILES string of the molecule is CC(C)(C)[Si](C)(C)OCC12CC1CCN2C(=O)O. The van der Waals surface area contributed by atoms with E-state index in [0.717, 1.165) is 12.8 Å². The van der Waals surface area contributed by atoms with Gasteiger partial charge in [0.2, 0.25) is 0 Å². The molecule has 0 bridgehead atoms. The van der Waals surface area contributed by atoms with Gasteiger partial charge in [-0.2, -0.15) is 0 Å². The number of fused-ring (bicyclic) bond motifs is 1. The largest absolute Gasteiger partial charge is 0.465 e. The molecule has 0 aromatic rings. The summed E-state index contributed by atoms with van der Waals surface area (Å²) in [6.45, 7) is 12.4. The van der Waals surface area contributed by atoms with Gasteiger partial charge in [0.25, 0.3) is 0 Å². The van der Waals surface area contributed by atoms with E-state index in [4.69, 9.17) is 4.43 Å². The molecule has 1 aliphatic carbocycles. The van der Waals surface area contributed by atoms with E-state index < -0.39 is 14.4 Å². The molecular formula is C13H25NO3Si. The second kappa shape index (κ2) is 3.97. The van der Waals surface area contributed by atoms with Gasteiger partial charge >= 0.3 is 6.09 Å². The third-order valence-corrected chi connectivity index (χ3v) is 9.64. The average molecular weight is 271 g/mol. The number of carboxylic acid groups (broad SMARTS) is 1.